The molecule has 0 spiro atoms. The molecule has 4 heteroatoms. The van der Waals surface area contributed by atoms with Gasteiger partial charge in [0, 0.05) is 22.6 Å². The molecule has 0 saturated heterocycles. The summed E-state index contributed by atoms with van der Waals surface area (Å²) in [6.45, 7) is 4.59. The maximum Gasteiger partial charge on any atom is 0.195 e. The van der Waals surface area contributed by atoms with Gasteiger partial charge in [0.2, 0.25) is 0 Å². The van der Waals surface area contributed by atoms with Crippen molar-refractivity contribution in [2.45, 2.75) is 19.3 Å². The summed E-state index contributed by atoms with van der Waals surface area (Å²) in [5.74, 6) is -1.27. The zero-order chi connectivity index (χ0) is 15.2. The lowest BCUT2D eigenvalue weighted by molar-refractivity contribution is 0.103. The smallest absolute Gasteiger partial charge is 0.195 e. The number of carbonyl (C=O) groups excluding carboxylic acids is 1. The van der Waals surface area contributed by atoms with Crippen LogP contribution >= 0.6 is 0 Å². The van der Waals surface area contributed by atoms with Crippen LogP contribution in [0.25, 0.3) is 0 Å². The summed E-state index contributed by atoms with van der Waals surface area (Å²) in [5, 5.41) is 0. The summed E-state index contributed by atoms with van der Waals surface area (Å²) >= 11 is 0. The van der Waals surface area contributed by atoms with E-state index in [9.17, 15) is 13.6 Å². The molecule has 0 atom stereocenters. The molecular weight excluding hydrogens is 274 g/mol. The molecule has 108 valence electrons. The average molecular weight is 288 g/mol. The minimum atomic E-state index is -0.851. The fraction of sp³-hybridized carbons (Fsp3) is 0.235. The molecule has 2 aromatic carbocycles. The Bertz CT molecular complexity index is 736. The summed E-state index contributed by atoms with van der Waals surface area (Å²) in [6, 6.07) is 8.02. The Labute approximate surface area is 121 Å². The van der Waals surface area contributed by atoms with E-state index < -0.39 is 17.4 Å². The first kappa shape index (κ1) is 13.7. The van der Waals surface area contributed by atoms with Crippen molar-refractivity contribution in [1.29, 1.82) is 0 Å². The van der Waals surface area contributed by atoms with Gasteiger partial charge >= 0.3 is 0 Å². The first-order valence-electron chi connectivity index (χ1n) is 6.65. The van der Waals surface area contributed by atoms with E-state index >= 15 is 0 Å². The molecule has 1 aliphatic rings. The lowest BCUT2D eigenvalue weighted by atomic mass is 9.85. The number of ether oxygens (including phenoxy) is 1. The van der Waals surface area contributed by atoms with Crippen molar-refractivity contribution in [3.8, 4) is 5.75 Å². The summed E-state index contributed by atoms with van der Waals surface area (Å²) in [7, 11) is 0. The Morgan fingerprint density at radius 2 is 1.90 bits per heavy atom. The van der Waals surface area contributed by atoms with Gasteiger partial charge in [0.1, 0.15) is 17.4 Å². The number of ketones is 1. The molecule has 0 saturated carbocycles. The molecule has 21 heavy (non-hydrogen) atoms. The van der Waals surface area contributed by atoms with Gasteiger partial charge in [0.05, 0.1) is 12.2 Å². The predicted molar refractivity (Wildman–Crippen MR) is 74.8 cm³/mol. The lowest BCUT2D eigenvalue weighted by Crippen LogP contribution is -2.18. The Hall–Kier alpha value is -2.23. The van der Waals surface area contributed by atoms with Crippen molar-refractivity contribution in [3.05, 3.63) is 64.7 Å². The van der Waals surface area contributed by atoms with Crippen LogP contribution in [0.3, 0.4) is 0 Å². The summed E-state index contributed by atoms with van der Waals surface area (Å²) in [4.78, 5) is 12.4. The van der Waals surface area contributed by atoms with Gasteiger partial charge in [0.25, 0.3) is 0 Å². The third kappa shape index (κ3) is 2.31. The third-order valence-corrected chi connectivity index (χ3v) is 3.74. The highest BCUT2D eigenvalue weighted by Crippen LogP contribution is 2.39. The second-order valence-electron chi connectivity index (χ2n) is 5.84. The van der Waals surface area contributed by atoms with Crippen LogP contribution in [0.1, 0.15) is 35.3 Å². The fourth-order valence-corrected chi connectivity index (χ4v) is 2.49. The summed E-state index contributed by atoms with van der Waals surface area (Å²) in [6.07, 6.45) is 0. The molecule has 2 nitrogen and oxygen atoms in total. The van der Waals surface area contributed by atoms with E-state index in [0.29, 0.717) is 18.2 Å². The van der Waals surface area contributed by atoms with E-state index in [1.54, 1.807) is 18.2 Å². The minimum Gasteiger partial charge on any atom is -0.492 e. The molecule has 0 N–H and O–H groups in total. The normalized spacial score (nSPS) is 15.4. The largest absolute Gasteiger partial charge is 0.492 e. The quantitative estimate of drug-likeness (QED) is 0.784. The van der Waals surface area contributed by atoms with Gasteiger partial charge < -0.3 is 4.74 Å². The number of fused-ring (bicyclic) bond motifs is 1. The van der Waals surface area contributed by atoms with Gasteiger partial charge in [-0.3, -0.25) is 4.79 Å². The Kier molecular flexibility index (Phi) is 3.04. The molecule has 1 heterocycles. The second kappa shape index (κ2) is 4.65. The number of halogens is 2. The van der Waals surface area contributed by atoms with Crippen LogP contribution in [0.15, 0.2) is 36.4 Å². The highest BCUT2D eigenvalue weighted by atomic mass is 19.1. The molecule has 0 radical (unpaired) electrons. The molecule has 0 unspecified atom stereocenters. The molecule has 0 fully saturated rings. The van der Waals surface area contributed by atoms with Gasteiger partial charge in [-0.1, -0.05) is 13.8 Å². The first-order valence-corrected chi connectivity index (χ1v) is 6.65. The van der Waals surface area contributed by atoms with Crippen LogP contribution in [0.4, 0.5) is 8.78 Å². The van der Waals surface area contributed by atoms with Crippen LogP contribution in [-0.2, 0) is 5.41 Å². The summed E-state index contributed by atoms with van der Waals surface area (Å²) in [5.41, 5.74) is 0.981. The lowest BCUT2D eigenvalue weighted by Gasteiger charge is -2.15. The van der Waals surface area contributed by atoms with Crippen LogP contribution in [0, 0.1) is 11.6 Å². The topological polar surface area (TPSA) is 26.3 Å². The van der Waals surface area contributed by atoms with E-state index in [1.165, 1.54) is 6.07 Å². The number of hydrogen-bond acceptors (Lipinski definition) is 2. The number of carbonyl (C=O) groups is 1. The van der Waals surface area contributed by atoms with Gasteiger partial charge in [-0.25, -0.2) is 8.78 Å². The van der Waals surface area contributed by atoms with Crippen LogP contribution < -0.4 is 4.74 Å². The van der Waals surface area contributed by atoms with Gasteiger partial charge in [-0.15, -0.1) is 0 Å². The van der Waals surface area contributed by atoms with Crippen molar-refractivity contribution in [1.82, 2.24) is 0 Å². The van der Waals surface area contributed by atoms with E-state index in [1.807, 2.05) is 13.8 Å². The van der Waals surface area contributed by atoms with Gasteiger partial charge in [0.15, 0.2) is 5.78 Å². The maximum absolute atomic E-state index is 13.7. The van der Waals surface area contributed by atoms with Crippen molar-refractivity contribution in [2.75, 3.05) is 6.61 Å². The number of hydrogen-bond donors (Lipinski definition) is 0. The Balaban J connectivity index is 2.03. The standard InChI is InChI=1S/C17H14F2O2/c1-17(2)9-21-15-6-3-10(7-13(15)17)16(20)12-5-4-11(18)8-14(12)19/h3-8H,9H2,1-2H3. The third-order valence-electron chi connectivity index (χ3n) is 3.74. The van der Waals surface area contributed by atoms with Crippen molar-refractivity contribution >= 4 is 5.78 Å². The number of benzene rings is 2. The zero-order valence-corrected chi connectivity index (χ0v) is 11.7. The van der Waals surface area contributed by atoms with Crippen LogP contribution in [0.2, 0.25) is 0 Å². The predicted octanol–water partition coefficient (Wildman–Crippen LogP) is 3.87. The molecule has 0 aromatic heterocycles. The summed E-state index contributed by atoms with van der Waals surface area (Å²) < 4.78 is 32.2. The molecule has 3 rings (SSSR count). The zero-order valence-electron chi connectivity index (χ0n) is 11.7. The van der Waals surface area contributed by atoms with E-state index in [-0.39, 0.29) is 11.0 Å². The minimum absolute atomic E-state index is 0.131. The van der Waals surface area contributed by atoms with Crippen molar-refractivity contribution in [2.24, 2.45) is 0 Å². The highest BCUT2D eigenvalue weighted by Gasteiger charge is 2.32. The van der Waals surface area contributed by atoms with Crippen LogP contribution in [-0.4, -0.2) is 12.4 Å². The van der Waals surface area contributed by atoms with Gasteiger partial charge in [-0.05, 0) is 30.3 Å². The molecule has 0 bridgehead atoms. The average Bonchev–Trinajstić information content (AvgIpc) is 2.74. The maximum atomic E-state index is 13.7. The first-order chi connectivity index (χ1) is 9.88. The molecular formula is C17H14F2O2. The SMILES string of the molecule is CC1(C)COc2ccc(C(=O)c3ccc(F)cc3F)cc21. The molecule has 0 aliphatic carbocycles. The van der Waals surface area contributed by atoms with Gasteiger partial charge in [-0.2, -0.15) is 0 Å². The highest BCUT2D eigenvalue weighted by molar-refractivity contribution is 6.09. The monoisotopic (exact) mass is 288 g/mol. The van der Waals surface area contributed by atoms with Crippen molar-refractivity contribution in [3.63, 3.8) is 0 Å². The molecule has 1 aliphatic heterocycles. The van der Waals surface area contributed by atoms with E-state index in [4.69, 9.17) is 4.74 Å². The molecule has 2 aromatic rings. The molecule has 0 amide bonds. The van der Waals surface area contributed by atoms with E-state index in [0.717, 1.165) is 17.4 Å². The number of rotatable bonds is 2. The van der Waals surface area contributed by atoms with Crippen LogP contribution in [0.5, 0.6) is 5.75 Å². The Morgan fingerprint density at radius 1 is 1.14 bits per heavy atom. The Morgan fingerprint density at radius 3 is 2.62 bits per heavy atom. The van der Waals surface area contributed by atoms with Crippen molar-refractivity contribution < 1.29 is 18.3 Å². The fourth-order valence-electron chi connectivity index (χ4n) is 2.49. The van der Waals surface area contributed by atoms with E-state index in [2.05, 4.69) is 0 Å². The second-order valence-corrected chi connectivity index (χ2v) is 5.84.